The van der Waals surface area contributed by atoms with E-state index in [4.69, 9.17) is 5.10 Å². The molecule has 1 saturated carbocycles. The van der Waals surface area contributed by atoms with Gasteiger partial charge < -0.3 is 0 Å². The van der Waals surface area contributed by atoms with Crippen LogP contribution in [-0.2, 0) is 21.9 Å². The summed E-state index contributed by atoms with van der Waals surface area (Å²) in [7, 11) is 0. The molecule has 1 fully saturated rings. The van der Waals surface area contributed by atoms with Crippen LogP contribution in [0.3, 0.4) is 0 Å². The summed E-state index contributed by atoms with van der Waals surface area (Å²) in [6.07, 6.45) is 3.23. The van der Waals surface area contributed by atoms with Gasteiger partial charge in [-0.25, -0.2) is 0 Å². The van der Waals surface area contributed by atoms with Gasteiger partial charge in [0.15, 0.2) is 17.3 Å². The van der Waals surface area contributed by atoms with Crippen LogP contribution < -0.4 is 0 Å². The van der Waals surface area contributed by atoms with E-state index in [1.54, 1.807) is 11.8 Å². The van der Waals surface area contributed by atoms with Gasteiger partial charge in [-0.15, -0.1) is 11.8 Å². The van der Waals surface area contributed by atoms with E-state index in [1.807, 2.05) is 31.5 Å². The van der Waals surface area contributed by atoms with Gasteiger partial charge in [0.2, 0.25) is 0 Å². The Morgan fingerprint density at radius 1 is 1.26 bits per heavy atom. The number of Topliss-reactive ketones (excluding diaryl/α,β-unsaturated/α-hetero) is 3. The molecule has 27 heavy (non-hydrogen) atoms. The van der Waals surface area contributed by atoms with Crippen molar-refractivity contribution in [3.05, 3.63) is 34.5 Å². The number of aryl methyl sites for hydroxylation is 2. The van der Waals surface area contributed by atoms with Gasteiger partial charge in [0.25, 0.3) is 0 Å². The predicted octanol–water partition coefficient (Wildman–Crippen LogP) is 3.91. The van der Waals surface area contributed by atoms with Gasteiger partial charge in [-0.05, 0) is 44.4 Å². The summed E-state index contributed by atoms with van der Waals surface area (Å²) in [5.74, 6) is -1.10. The zero-order valence-electron chi connectivity index (χ0n) is 15.8. The SMILES string of the molecule is CCn1cc2c(n1)-c1c(C)c(C(=O)C3C(=O)CCCC3=O)cc(C)c1SC2. The van der Waals surface area contributed by atoms with Crippen molar-refractivity contribution >= 4 is 29.1 Å². The van der Waals surface area contributed by atoms with Crippen LogP contribution >= 0.6 is 11.8 Å². The molecule has 0 bridgehead atoms. The van der Waals surface area contributed by atoms with Crippen molar-refractivity contribution in [3.8, 4) is 11.3 Å². The lowest BCUT2D eigenvalue weighted by atomic mass is 9.79. The average molecular weight is 382 g/mol. The molecule has 140 valence electrons. The topological polar surface area (TPSA) is 69.0 Å². The molecular formula is C21H22N2O3S. The highest BCUT2D eigenvalue weighted by molar-refractivity contribution is 7.98. The molecule has 0 unspecified atom stereocenters. The zero-order valence-corrected chi connectivity index (χ0v) is 16.6. The minimum absolute atomic E-state index is 0.239. The Kier molecular flexibility index (Phi) is 4.54. The van der Waals surface area contributed by atoms with Crippen molar-refractivity contribution in [2.75, 3.05) is 0 Å². The molecule has 1 aromatic heterocycles. The molecule has 4 rings (SSSR count). The number of thioether (sulfide) groups is 1. The zero-order chi connectivity index (χ0) is 19.3. The molecule has 0 spiro atoms. The number of nitrogens with zero attached hydrogens (tertiary/aromatic N) is 2. The lowest BCUT2D eigenvalue weighted by molar-refractivity contribution is -0.133. The largest absolute Gasteiger partial charge is 0.298 e. The molecule has 1 aromatic carbocycles. The maximum Gasteiger partial charge on any atom is 0.181 e. The number of carbonyl (C=O) groups is 3. The second-order valence-corrected chi connectivity index (χ2v) is 8.29. The highest BCUT2D eigenvalue weighted by atomic mass is 32.2. The number of ketones is 3. The third-order valence-corrected chi connectivity index (χ3v) is 6.78. The number of hydrogen-bond donors (Lipinski definition) is 0. The molecule has 1 aliphatic carbocycles. The summed E-state index contributed by atoms with van der Waals surface area (Å²) >= 11 is 1.75. The van der Waals surface area contributed by atoms with Crippen molar-refractivity contribution in [1.82, 2.24) is 9.78 Å². The lowest BCUT2D eigenvalue weighted by Gasteiger charge is -2.24. The Bertz CT molecular complexity index is 974. The number of carbonyl (C=O) groups excluding carboxylic acids is 3. The van der Waals surface area contributed by atoms with Crippen LogP contribution in [0.2, 0.25) is 0 Å². The van der Waals surface area contributed by atoms with E-state index in [9.17, 15) is 14.4 Å². The first-order chi connectivity index (χ1) is 12.9. The molecule has 0 radical (unpaired) electrons. The average Bonchev–Trinajstić information content (AvgIpc) is 3.07. The quantitative estimate of drug-likeness (QED) is 0.595. The first-order valence-corrected chi connectivity index (χ1v) is 10.3. The molecule has 2 heterocycles. The van der Waals surface area contributed by atoms with Gasteiger partial charge in [-0.3, -0.25) is 19.1 Å². The Labute approximate surface area is 162 Å². The molecule has 2 aromatic rings. The van der Waals surface area contributed by atoms with Gasteiger partial charge in [0.05, 0.1) is 5.69 Å². The molecule has 1 aliphatic heterocycles. The Morgan fingerprint density at radius 2 is 1.96 bits per heavy atom. The van der Waals surface area contributed by atoms with E-state index in [2.05, 4.69) is 6.20 Å². The van der Waals surface area contributed by atoms with Crippen LogP contribution in [-0.4, -0.2) is 27.1 Å². The normalized spacial score (nSPS) is 17.0. The van der Waals surface area contributed by atoms with Gasteiger partial charge in [-0.1, -0.05) is 0 Å². The number of aromatic nitrogens is 2. The van der Waals surface area contributed by atoms with Crippen LogP contribution in [0.5, 0.6) is 0 Å². The van der Waals surface area contributed by atoms with Crippen LogP contribution in [0.25, 0.3) is 11.3 Å². The minimum atomic E-state index is -1.13. The van der Waals surface area contributed by atoms with Crippen LogP contribution in [0, 0.1) is 19.8 Å². The highest BCUT2D eigenvalue weighted by Gasteiger charge is 2.38. The van der Waals surface area contributed by atoms with Gasteiger partial charge in [0, 0.05) is 52.9 Å². The van der Waals surface area contributed by atoms with E-state index in [-0.39, 0.29) is 17.3 Å². The first-order valence-electron chi connectivity index (χ1n) is 9.35. The highest BCUT2D eigenvalue weighted by Crippen LogP contribution is 2.45. The summed E-state index contributed by atoms with van der Waals surface area (Å²) in [5, 5.41) is 4.71. The van der Waals surface area contributed by atoms with Crippen LogP contribution in [0.4, 0.5) is 0 Å². The maximum atomic E-state index is 13.2. The second kappa shape index (κ2) is 6.75. The Balaban J connectivity index is 1.86. The number of fused-ring (bicyclic) bond motifs is 3. The number of hydrogen-bond acceptors (Lipinski definition) is 5. The molecule has 0 amide bonds. The van der Waals surface area contributed by atoms with Crippen molar-refractivity contribution in [2.45, 2.75) is 57.2 Å². The molecule has 0 N–H and O–H groups in total. The monoisotopic (exact) mass is 382 g/mol. The molecular weight excluding hydrogens is 360 g/mol. The van der Waals surface area contributed by atoms with E-state index < -0.39 is 5.92 Å². The maximum absolute atomic E-state index is 13.2. The fraction of sp³-hybridized carbons (Fsp3) is 0.429. The smallest absolute Gasteiger partial charge is 0.181 e. The van der Waals surface area contributed by atoms with Crippen molar-refractivity contribution in [3.63, 3.8) is 0 Å². The number of rotatable bonds is 3. The summed E-state index contributed by atoms with van der Waals surface area (Å²) in [4.78, 5) is 38.9. The Hall–Kier alpha value is -2.21. The van der Waals surface area contributed by atoms with Crippen molar-refractivity contribution < 1.29 is 14.4 Å². The van der Waals surface area contributed by atoms with Gasteiger partial charge >= 0.3 is 0 Å². The van der Waals surface area contributed by atoms with Crippen molar-refractivity contribution in [2.24, 2.45) is 5.92 Å². The fourth-order valence-electron chi connectivity index (χ4n) is 4.06. The van der Waals surface area contributed by atoms with Crippen molar-refractivity contribution in [1.29, 1.82) is 0 Å². The van der Waals surface area contributed by atoms with E-state index in [0.717, 1.165) is 45.1 Å². The van der Waals surface area contributed by atoms with Gasteiger partial charge in [0.1, 0.15) is 5.92 Å². The third-order valence-electron chi connectivity index (χ3n) is 5.51. The van der Waals surface area contributed by atoms with Gasteiger partial charge in [-0.2, -0.15) is 5.10 Å². The lowest BCUT2D eigenvalue weighted by Crippen LogP contribution is -2.35. The van der Waals surface area contributed by atoms with Crippen LogP contribution in [0.1, 0.15) is 53.2 Å². The van der Waals surface area contributed by atoms with E-state index in [1.165, 1.54) is 0 Å². The van der Waals surface area contributed by atoms with E-state index >= 15 is 0 Å². The molecule has 6 heteroatoms. The fourth-order valence-corrected chi connectivity index (χ4v) is 5.25. The minimum Gasteiger partial charge on any atom is -0.298 e. The summed E-state index contributed by atoms with van der Waals surface area (Å²) in [5.41, 5.74) is 5.36. The second-order valence-electron chi connectivity index (χ2n) is 7.30. The Morgan fingerprint density at radius 3 is 2.63 bits per heavy atom. The molecule has 0 atom stereocenters. The number of benzene rings is 1. The molecule has 2 aliphatic rings. The molecule has 0 saturated heterocycles. The first kappa shape index (κ1) is 18.2. The summed E-state index contributed by atoms with van der Waals surface area (Å²) in [6, 6.07) is 1.85. The molecule has 5 nitrogen and oxygen atoms in total. The summed E-state index contributed by atoms with van der Waals surface area (Å²) in [6.45, 7) is 6.72. The predicted molar refractivity (Wildman–Crippen MR) is 104 cm³/mol. The van der Waals surface area contributed by atoms with Crippen LogP contribution in [0.15, 0.2) is 17.2 Å². The standard InChI is InChI=1S/C21H22N2O3S/c1-4-23-9-13-10-27-21-11(2)8-14(12(3)17(21)19(13)22-23)20(26)18-15(24)6-5-7-16(18)25/h8-9,18H,4-7,10H2,1-3H3. The third kappa shape index (κ3) is 2.87. The van der Waals surface area contributed by atoms with E-state index in [0.29, 0.717) is 24.8 Å². The summed E-state index contributed by atoms with van der Waals surface area (Å²) < 4.78 is 1.91.